The van der Waals surface area contributed by atoms with Crippen molar-refractivity contribution in [1.29, 1.82) is 0 Å². The van der Waals surface area contributed by atoms with E-state index in [4.69, 9.17) is 15.6 Å². The SMILES string of the molecule is Cn1nc(OC[C@@H]2CCc3cc([C@H](CN)CCCCO)ccc3C2)cc1C(F)(F)F. The van der Waals surface area contributed by atoms with Gasteiger partial charge in [-0.1, -0.05) is 24.6 Å². The zero-order valence-electron chi connectivity index (χ0n) is 17.3. The number of hydrogen-bond donors (Lipinski definition) is 2. The van der Waals surface area contributed by atoms with Crippen LogP contribution in [0.1, 0.15) is 54.0 Å². The average Bonchev–Trinajstić information content (AvgIpc) is 3.10. The summed E-state index contributed by atoms with van der Waals surface area (Å²) in [6.07, 6.45) is 0.962. The Morgan fingerprint density at radius 1 is 1.27 bits per heavy atom. The maximum atomic E-state index is 12.9. The first kappa shape index (κ1) is 22.6. The van der Waals surface area contributed by atoms with Gasteiger partial charge in [0.25, 0.3) is 0 Å². The normalized spacial score (nSPS) is 17.6. The van der Waals surface area contributed by atoms with Crippen LogP contribution in [0.3, 0.4) is 0 Å². The van der Waals surface area contributed by atoms with E-state index >= 15 is 0 Å². The van der Waals surface area contributed by atoms with Gasteiger partial charge in [-0.25, -0.2) is 0 Å². The largest absolute Gasteiger partial charge is 0.476 e. The lowest BCUT2D eigenvalue weighted by Gasteiger charge is -2.26. The second-order valence-electron chi connectivity index (χ2n) is 8.09. The van der Waals surface area contributed by atoms with E-state index in [9.17, 15) is 13.2 Å². The quantitative estimate of drug-likeness (QED) is 0.599. The van der Waals surface area contributed by atoms with Gasteiger partial charge in [-0.2, -0.15) is 13.2 Å². The number of rotatable bonds is 9. The molecule has 1 aromatic carbocycles. The fraction of sp³-hybridized carbons (Fsp3) is 0.591. The highest BCUT2D eigenvalue weighted by Gasteiger charge is 2.35. The molecule has 0 spiro atoms. The first-order valence-electron chi connectivity index (χ1n) is 10.5. The highest BCUT2D eigenvalue weighted by molar-refractivity contribution is 5.36. The second-order valence-corrected chi connectivity index (χ2v) is 8.09. The van der Waals surface area contributed by atoms with Gasteiger partial charge in [0.2, 0.25) is 5.88 Å². The molecule has 1 aliphatic rings. The van der Waals surface area contributed by atoms with Crippen LogP contribution in [0.5, 0.6) is 5.88 Å². The van der Waals surface area contributed by atoms with Crippen molar-refractivity contribution in [3.8, 4) is 5.88 Å². The first-order chi connectivity index (χ1) is 14.3. The van der Waals surface area contributed by atoms with E-state index < -0.39 is 11.9 Å². The molecule has 0 saturated carbocycles. The summed E-state index contributed by atoms with van der Waals surface area (Å²) in [4.78, 5) is 0. The third-order valence-corrected chi connectivity index (χ3v) is 5.89. The summed E-state index contributed by atoms with van der Waals surface area (Å²) in [5.41, 5.74) is 8.98. The van der Waals surface area contributed by atoms with Gasteiger partial charge < -0.3 is 15.6 Å². The molecule has 0 aliphatic heterocycles. The van der Waals surface area contributed by atoms with E-state index in [0.29, 0.717) is 19.1 Å². The molecule has 5 nitrogen and oxygen atoms in total. The van der Waals surface area contributed by atoms with Gasteiger partial charge in [-0.05, 0) is 67.2 Å². The fourth-order valence-corrected chi connectivity index (χ4v) is 4.15. The number of nitrogens with zero attached hydrogens (tertiary/aromatic N) is 2. The lowest BCUT2D eigenvalue weighted by atomic mass is 9.81. The van der Waals surface area contributed by atoms with E-state index in [2.05, 4.69) is 23.3 Å². The number of benzene rings is 1. The summed E-state index contributed by atoms with van der Waals surface area (Å²) in [5, 5.41) is 12.8. The molecule has 0 fully saturated rings. The smallest absolute Gasteiger partial charge is 0.433 e. The van der Waals surface area contributed by atoms with E-state index in [1.54, 1.807) is 0 Å². The number of aryl methyl sites for hydroxylation is 2. The van der Waals surface area contributed by atoms with Crippen LogP contribution in [-0.2, 0) is 26.1 Å². The molecule has 2 atom stereocenters. The van der Waals surface area contributed by atoms with Gasteiger partial charge in [0.1, 0.15) is 5.69 Å². The maximum absolute atomic E-state index is 12.9. The Labute approximate surface area is 175 Å². The molecule has 166 valence electrons. The van der Waals surface area contributed by atoms with Crippen molar-refractivity contribution in [3.05, 3.63) is 46.6 Å². The van der Waals surface area contributed by atoms with Crippen LogP contribution >= 0.6 is 0 Å². The Hall–Kier alpha value is -2.06. The van der Waals surface area contributed by atoms with Gasteiger partial charge in [0.05, 0.1) is 6.61 Å². The minimum Gasteiger partial charge on any atom is -0.476 e. The molecule has 0 bridgehead atoms. The molecule has 0 saturated heterocycles. The highest BCUT2D eigenvalue weighted by Crippen LogP contribution is 2.32. The van der Waals surface area contributed by atoms with Crippen LogP contribution in [0.15, 0.2) is 24.3 Å². The molecule has 0 radical (unpaired) electrons. The molecule has 0 amide bonds. The predicted octanol–water partition coefficient (Wildman–Crippen LogP) is 3.83. The number of ether oxygens (including phenoxy) is 1. The molecule has 3 rings (SSSR count). The standard InChI is InChI=1S/C22H30F3N3O2/c1-28-20(22(23,24)25)12-21(27-28)30-14-15-5-6-17-11-18(8-7-16(17)10-15)19(13-26)4-2-3-9-29/h7-8,11-12,15,19,29H,2-6,9-10,13-14,26H2,1H3/t15-,19+/m1/s1. The van der Waals surface area contributed by atoms with Gasteiger partial charge in [-0.3, -0.25) is 4.68 Å². The summed E-state index contributed by atoms with van der Waals surface area (Å²) in [5.74, 6) is 0.559. The summed E-state index contributed by atoms with van der Waals surface area (Å²) in [7, 11) is 1.27. The number of aromatic nitrogens is 2. The Balaban J connectivity index is 1.58. The van der Waals surface area contributed by atoms with Crippen LogP contribution < -0.4 is 10.5 Å². The van der Waals surface area contributed by atoms with Crippen LogP contribution in [0, 0.1) is 5.92 Å². The number of halogens is 3. The average molecular weight is 425 g/mol. The topological polar surface area (TPSA) is 73.3 Å². The first-order valence-corrected chi connectivity index (χ1v) is 10.5. The van der Waals surface area contributed by atoms with Gasteiger partial charge in [-0.15, -0.1) is 5.10 Å². The molecule has 1 aromatic heterocycles. The molecule has 1 heterocycles. The van der Waals surface area contributed by atoms with E-state index in [1.807, 2.05) is 0 Å². The number of aliphatic hydroxyl groups excluding tert-OH is 1. The van der Waals surface area contributed by atoms with E-state index in [0.717, 1.165) is 49.3 Å². The van der Waals surface area contributed by atoms with Gasteiger partial charge in [0.15, 0.2) is 0 Å². The lowest BCUT2D eigenvalue weighted by Crippen LogP contribution is -2.21. The highest BCUT2D eigenvalue weighted by atomic mass is 19.4. The molecule has 1 aliphatic carbocycles. The zero-order valence-corrected chi connectivity index (χ0v) is 17.3. The summed E-state index contributed by atoms with van der Waals surface area (Å²) >= 11 is 0. The Kier molecular flexibility index (Phi) is 7.41. The molecular formula is C22H30F3N3O2. The van der Waals surface area contributed by atoms with Gasteiger partial charge >= 0.3 is 6.18 Å². The number of unbranched alkanes of at least 4 members (excludes halogenated alkanes) is 1. The number of aliphatic hydroxyl groups is 1. The van der Waals surface area contributed by atoms with E-state index in [1.165, 1.54) is 23.7 Å². The Morgan fingerprint density at radius 2 is 2.07 bits per heavy atom. The van der Waals surface area contributed by atoms with Crippen molar-refractivity contribution in [2.24, 2.45) is 18.7 Å². The summed E-state index contributed by atoms with van der Waals surface area (Å²) in [6, 6.07) is 7.48. The molecule has 3 N–H and O–H groups in total. The second kappa shape index (κ2) is 9.83. The Bertz CT molecular complexity index is 836. The van der Waals surface area contributed by atoms with E-state index in [-0.39, 0.29) is 18.4 Å². The number of nitrogens with two attached hydrogens (primary N) is 1. The van der Waals surface area contributed by atoms with Crippen molar-refractivity contribution in [3.63, 3.8) is 0 Å². The molecule has 8 heteroatoms. The molecule has 0 unspecified atom stereocenters. The third-order valence-electron chi connectivity index (χ3n) is 5.89. The third kappa shape index (κ3) is 5.55. The van der Waals surface area contributed by atoms with Crippen molar-refractivity contribution in [2.45, 2.75) is 50.6 Å². The van der Waals surface area contributed by atoms with Crippen LogP contribution in [-0.4, -0.2) is 34.6 Å². The molecule has 2 aromatic rings. The van der Waals surface area contributed by atoms with Crippen molar-refractivity contribution in [2.75, 3.05) is 19.8 Å². The number of fused-ring (bicyclic) bond motifs is 1. The summed E-state index contributed by atoms with van der Waals surface area (Å²) < 4.78 is 45.1. The molecule has 30 heavy (non-hydrogen) atoms. The van der Waals surface area contributed by atoms with Crippen molar-refractivity contribution in [1.82, 2.24) is 9.78 Å². The zero-order chi connectivity index (χ0) is 21.7. The molecular weight excluding hydrogens is 395 g/mol. The fourth-order valence-electron chi connectivity index (χ4n) is 4.15. The van der Waals surface area contributed by atoms with Gasteiger partial charge in [0, 0.05) is 19.7 Å². The van der Waals surface area contributed by atoms with Crippen LogP contribution in [0.25, 0.3) is 0 Å². The van der Waals surface area contributed by atoms with Crippen molar-refractivity contribution >= 4 is 0 Å². The summed E-state index contributed by atoms with van der Waals surface area (Å²) in [6.45, 7) is 1.15. The minimum absolute atomic E-state index is 0.0136. The lowest BCUT2D eigenvalue weighted by molar-refractivity contribution is -0.143. The predicted molar refractivity (Wildman–Crippen MR) is 108 cm³/mol. The Morgan fingerprint density at radius 3 is 2.73 bits per heavy atom. The van der Waals surface area contributed by atoms with Crippen molar-refractivity contribution < 1.29 is 23.0 Å². The maximum Gasteiger partial charge on any atom is 0.433 e. The number of alkyl halides is 3. The monoisotopic (exact) mass is 425 g/mol. The van der Waals surface area contributed by atoms with Crippen LogP contribution in [0.2, 0.25) is 0 Å². The van der Waals surface area contributed by atoms with Crippen LogP contribution in [0.4, 0.5) is 13.2 Å². The minimum atomic E-state index is -4.44. The number of hydrogen-bond acceptors (Lipinski definition) is 4.